The lowest BCUT2D eigenvalue weighted by Gasteiger charge is -2.27. The van der Waals surface area contributed by atoms with Crippen LogP contribution in [-0.4, -0.2) is 74.6 Å². The molecule has 2 fully saturated rings. The van der Waals surface area contributed by atoms with Crippen LogP contribution in [0.1, 0.15) is 12.5 Å². The minimum Gasteiger partial charge on any atom is -0.497 e. The third-order valence-corrected chi connectivity index (χ3v) is 5.06. The van der Waals surface area contributed by atoms with Crippen LogP contribution < -0.4 is 15.0 Å². The Balaban J connectivity index is 1.67. The number of hydrogen-bond acceptors (Lipinski definition) is 5. The van der Waals surface area contributed by atoms with Crippen molar-refractivity contribution < 1.29 is 29.1 Å². The van der Waals surface area contributed by atoms with Gasteiger partial charge in [-0.15, -0.1) is 0 Å². The summed E-state index contributed by atoms with van der Waals surface area (Å²) in [5, 5.41) is 13.1. The van der Waals surface area contributed by atoms with E-state index < -0.39 is 17.7 Å². The number of nitrogens with one attached hydrogen (secondary N) is 2. The number of amides is 3. The Labute approximate surface area is 152 Å². The number of carbonyl (C=O) groups is 2. The molecular weight excluding hydrogens is 338 g/mol. The summed E-state index contributed by atoms with van der Waals surface area (Å²) >= 11 is 0. The molecule has 8 nitrogen and oxygen atoms in total. The highest BCUT2D eigenvalue weighted by Gasteiger charge is 2.49. The molecule has 0 bridgehead atoms. The fourth-order valence-electron chi connectivity index (χ4n) is 3.46. The maximum atomic E-state index is 12.9. The molecule has 2 atom stereocenters. The molecule has 0 spiro atoms. The lowest BCUT2D eigenvalue weighted by Crippen LogP contribution is -3.15. The van der Waals surface area contributed by atoms with E-state index in [0.717, 1.165) is 18.0 Å². The second-order valence-electron chi connectivity index (χ2n) is 6.92. The molecule has 0 unspecified atom stereocenters. The summed E-state index contributed by atoms with van der Waals surface area (Å²) in [6, 6.07) is 6.53. The number of imide groups is 1. The zero-order valence-corrected chi connectivity index (χ0v) is 15.2. The highest BCUT2D eigenvalue weighted by atomic mass is 16.5. The summed E-state index contributed by atoms with van der Waals surface area (Å²) in [6.07, 6.45) is -0.768. The third kappa shape index (κ3) is 3.67. The lowest BCUT2D eigenvalue weighted by atomic mass is 9.92. The van der Waals surface area contributed by atoms with Gasteiger partial charge in [0.15, 0.2) is 0 Å². The van der Waals surface area contributed by atoms with Gasteiger partial charge in [0.25, 0.3) is 5.91 Å². The molecular formula is C18H26N3O5+. The van der Waals surface area contributed by atoms with E-state index in [1.165, 1.54) is 4.90 Å². The topological polar surface area (TPSA) is 92.5 Å². The van der Waals surface area contributed by atoms with Crippen molar-refractivity contribution in [2.45, 2.75) is 18.6 Å². The fourth-order valence-corrected chi connectivity index (χ4v) is 3.46. The van der Waals surface area contributed by atoms with Crippen LogP contribution in [0.4, 0.5) is 4.79 Å². The summed E-state index contributed by atoms with van der Waals surface area (Å²) in [5.41, 5.74) is -0.470. The third-order valence-electron chi connectivity index (χ3n) is 5.06. The number of benzene rings is 1. The molecule has 2 aliphatic heterocycles. The highest BCUT2D eigenvalue weighted by Crippen LogP contribution is 2.30. The van der Waals surface area contributed by atoms with E-state index in [1.807, 2.05) is 0 Å². The average Bonchev–Trinajstić information content (AvgIpc) is 2.86. The Morgan fingerprint density at radius 1 is 1.31 bits per heavy atom. The molecule has 0 radical (unpaired) electrons. The molecule has 0 aromatic heterocycles. The molecule has 26 heavy (non-hydrogen) atoms. The first-order valence-corrected chi connectivity index (χ1v) is 8.82. The minimum absolute atomic E-state index is 0.0131. The van der Waals surface area contributed by atoms with Gasteiger partial charge in [-0.1, -0.05) is 12.1 Å². The molecule has 3 rings (SSSR count). The van der Waals surface area contributed by atoms with Gasteiger partial charge in [-0.25, -0.2) is 4.79 Å². The number of ether oxygens (including phenoxy) is 2. The van der Waals surface area contributed by atoms with E-state index >= 15 is 0 Å². The van der Waals surface area contributed by atoms with Crippen LogP contribution in [0.3, 0.4) is 0 Å². The number of aliphatic hydroxyl groups is 1. The van der Waals surface area contributed by atoms with Crippen molar-refractivity contribution in [2.24, 2.45) is 0 Å². The number of quaternary nitrogens is 1. The van der Waals surface area contributed by atoms with Gasteiger partial charge in [-0.2, -0.15) is 0 Å². The van der Waals surface area contributed by atoms with Gasteiger partial charge in [0.1, 0.15) is 37.0 Å². The van der Waals surface area contributed by atoms with Gasteiger partial charge in [0.05, 0.1) is 26.9 Å². The number of carbonyl (C=O) groups excluding carboxylic acids is 2. The van der Waals surface area contributed by atoms with Crippen molar-refractivity contribution in [3.05, 3.63) is 29.8 Å². The number of nitrogens with zero attached hydrogens (tertiary/aromatic N) is 1. The van der Waals surface area contributed by atoms with Gasteiger partial charge in [0.2, 0.25) is 0 Å². The Morgan fingerprint density at radius 3 is 2.58 bits per heavy atom. The highest BCUT2D eigenvalue weighted by molar-refractivity contribution is 6.07. The molecule has 3 amide bonds. The molecule has 2 saturated heterocycles. The number of hydrogen-bond donors (Lipinski definition) is 3. The summed E-state index contributed by atoms with van der Waals surface area (Å²) in [5.74, 6) is 0.318. The van der Waals surface area contributed by atoms with Crippen molar-refractivity contribution in [3.63, 3.8) is 0 Å². The van der Waals surface area contributed by atoms with Gasteiger partial charge in [0, 0.05) is 0 Å². The quantitative estimate of drug-likeness (QED) is 0.548. The van der Waals surface area contributed by atoms with Crippen molar-refractivity contribution >= 4 is 11.9 Å². The molecule has 1 aromatic carbocycles. The summed E-state index contributed by atoms with van der Waals surface area (Å²) in [7, 11) is 1.57. The number of rotatable bonds is 6. The fraction of sp³-hybridized carbons (Fsp3) is 0.556. The molecule has 8 heteroatoms. The van der Waals surface area contributed by atoms with Crippen molar-refractivity contribution in [3.8, 4) is 5.75 Å². The molecule has 0 saturated carbocycles. The van der Waals surface area contributed by atoms with Crippen LogP contribution in [-0.2, 0) is 15.1 Å². The predicted octanol–water partition coefficient (Wildman–Crippen LogP) is -1.26. The normalized spacial score (nSPS) is 25.3. The second-order valence-corrected chi connectivity index (χ2v) is 6.92. The lowest BCUT2D eigenvalue weighted by molar-refractivity contribution is -0.910. The average molecular weight is 364 g/mol. The Morgan fingerprint density at radius 2 is 1.96 bits per heavy atom. The number of urea groups is 1. The molecule has 0 aliphatic carbocycles. The molecule has 1 aromatic rings. The van der Waals surface area contributed by atoms with Crippen molar-refractivity contribution in [1.82, 2.24) is 10.2 Å². The minimum atomic E-state index is -1.14. The van der Waals surface area contributed by atoms with Crippen LogP contribution in [0.5, 0.6) is 5.75 Å². The van der Waals surface area contributed by atoms with Crippen LogP contribution in [0.15, 0.2) is 24.3 Å². The Kier molecular flexibility index (Phi) is 5.45. The Bertz CT molecular complexity index is 659. The van der Waals surface area contributed by atoms with E-state index in [2.05, 4.69) is 5.32 Å². The molecule has 142 valence electrons. The SMILES string of the molecule is COc1ccc([C@]2(C)NC(=O)N(C[C@@H](O)C[NH+]3CCOCC3)C2=O)cc1. The molecule has 2 aliphatic rings. The first-order chi connectivity index (χ1) is 12.4. The second kappa shape index (κ2) is 7.61. The number of β-amino-alcohol motifs (C(OH)–C–C–N with tert-alkyl or cyclic N) is 1. The van der Waals surface area contributed by atoms with Crippen molar-refractivity contribution in [2.75, 3.05) is 46.5 Å². The summed E-state index contributed by atoms with van der Waals surface area (Å²) < 4.78 is 10.4. The van der Waals surface area contributed by atoms with E-state index in [-0.39, 0.29) is 12.5 Å². The van der Waals surface area contributed by atoms with E-state index in [9.17, 15) is 14.7 Å². The first kappa shape index (κ1) is 18.6. The van der Waals surface area contributed by atoms with E-state index in [4.69, 9.17) is 9.47 Å². The van der Waals surface area contributed by atoms with E-state index in [1.54, 1.807) is 38.3 Å². The largest absolute Gasteiger partial charge is 0.497 e. The number of morpholine rings is 1. The van der Waals surface area contributed by atoms with E-state index in [0.29, 0.717) is 31.1 Å². The van der Waals surface area contributed by atoms with Crippen molar-refractivity contribution in [1.29, 1.82) is 0 Å². The number of aliphatic hydroxyl groups excluding tert-OH is 1. The summed E-state index contributed by atoms with van der Waals surface area (Å²) in [4.78, 5) is 27.6. The van der Waals surface area contributed by atoms with Crippen LogP contribution in [0.25, 0.3) is 0 Å². The zero-order valence-electron chi connectivity index (χ0n) is 15.2. The van der Waals surface area contributed by atoms with Gasteiger partial charge >= 0.3 is 6.03 Å². The zero-order chi connectivity index (χ0) is 18.7. The smallest absolute Gasteiger partial charge is 0.325 e. The summed E-state index contributed by atoms with van der Waals surface area (Å²) in [6.45, 7) is 5.12. The van der Waals surface area contributed by atoms with Gasteiger partial charge < -0.3 is 24.8 Å². The van der Waals surface area contributed by atoms with Crippen LogP contribution in [0, 0.1) is 0 Å². The van der Waals surface area contributed by atoms with Gasteiger partial charge in [-0.05, 0) is 24.6 Å². The predicted molar refractivity (Wildman–Crippen MR) is 93.0 cm³/mol. The maximum absolute atomic E-state index is 12.9. The first-order valence-electron chi connectivity index (χ1n) is 8.82. The number of methoxy groups -OCH3 is 1. The molecule has 2 heterocycles. The van der Waals surface area contributed by atoms with Gasteiger partial charge in [-0.3, -0.25) is 9.69 Å². The van der Waals surface area contributed by atoms with Crippen LogP contribution in [0.2, 0.25) is 0 Å². The maximum Gasteiger partial charge on any atom is 0.325 e. The standard InChI is InChI=1S/C18H25N3O5/c1-18(13-3-5-15(25-2)6-4-13)16(23)21(17(24)19-18)12-14(22)11-20-7-9-26-10-8-20/h3-6,14,22H,7-12H2,1-2H3,(H,19,24)/p+1/t14-,18-/m0/s1. The molecule has 3 N–H and O–H groups in total. The Hall–Kier alpha value is -2.16. The van der Waals surface area contributed by atoms with Crippen LogP contribution >= 0.6 is 0 Å². The monoisotopic (exact) mass is 364 g/mol.